The van der Waals surface area contributed by atoms with Crippen molar-refractivity contribution in [1.29, 1.82) is 0 Å². The third kappa shape index (κ3) is 3.24. The SMILES string of the molecule is CC(C)=CCNc1ccccc1. The monoisotopic (exact) mass is 161 g/mol. The van der Waals surface area contributed by atoms with E-state index in [4.69, 9.17) is 0 Å². The van der Waals surface area contributed by atoms with E-state index in [2.05, 4.69) is 37.4 Å². The van der Waals surface area contributed by atoms with Gasteiger partial charge in [-0.25, -0.2) is 0 Å². The summed E-state index contributed by atoms with van der Waals surface area (Å²) < 4.78 is 0. The van der Waals surface area contributed by atoms with Gasteiger partial charge in [0.1, 0.15) is 0 Å². The Bertz CT molecular complexity index is 245. The van der Waals surface area contributed by atoms with E-state index < -0.39 is 0 Å². The van der Waals surface area contributed by atoms with Crippen LogP contribution >= 0.6 is 0 Å². The Labute approximate surface area is 74.1 Å². The number of nitrogens with one attached hydrogen (secondary N) is 1. The van der Waals surface area contributed by atoms with E-state index in [-0.39, 0.29) is 0 Å². The van der Waals surface area contributed by atoms with E-state index in [0.29, 0.717) is 0 Å². The highest BCUT2D eigenvalue weighted by atomic mass is 14.8. The minimum absolute atomic E-state index is 0.909. The molecule has 0 aliphatic heterocycles. The Hall–Kier alpha value is -1.24. The zero-order chi connectivity index (χ0) is 8.81. The maximum absolute atomic E-state index is 3.30. The second-order valence-electron chi connectivity index (χ2n) is 3.03. The maximum atomic E-state index is 3.30. The van der Waals surface area contributed by atoms with Gasteiger partial charge in [0.2, 0.25) is 0 Å². The summed E-state index contributed by atoms with van der Waals surface area (Å²) in [5, 5.41) is 3.30. The minimum atomic E-state index is 0.909. The number of hydrogen-bond acceptors (Lipinski definition) is 1. The van der Waals surface area contributed by atoms with Gasteiger partial charge in [0, 0.05) is 12.2 Å². The van der Waals surface area contributed by atoms with Crippen LogP contribution in [0.5, 0.6) is 0 Å². The number of hydrogen-bond donors (Lipinski definition) is 1. The van der Waals surface area contributed by atoms with Crippen molar-refractivity contribution < 1.29 is 0 Å². The van der Waals surface area contributed by atoms with Crippen molar-refractivity contribution in [3.8, 4) is 0 Å². The average Bonchev–Trinajstić information content (AvgIpc) is 2.05. The van der Waals surface area contributed by atoms with Gasteiger partial charge in [0.05, 0.1) is 0 Å². The van der Waals surface area contributed by atoms with Gasteiger partial charge in [-0.15, -0.1) is 0 Å². The summed E-state index contributed by atoms with van der Waals surface area (Å²) in [6, 6.07) is 10.2. The number of anilines is 1. The first kappa shape index (κ1) is 8.85. The van der Waals surface area contributed by atoms with Crippen LogP contribution in [0.2, 0.25) is 0 Å². The zero-order valence-electron chi connectivity index (χ0n) is 7.67. The molecule has 0 saturated heterocycles. The highest BCUT2D eigenvalue weighted by Crippen LogP contribution is 2.04. The molecule has 0 aliphatic carbocycles. The minimum Gasteiger partial charge on any atom is -0.382 e. The third-order valence-electron chi connectivity index (χ3n) is 1.59. The molecule has 1 aromatic carbocycles. The molecular weight excluding hydrogens is 146 g/mol. The van der Waals surface area contributed by atoms with E-state index in [0.717, 1.165) is 6.54 Å². The molecular formula is C11H15N. The Morgan fingerprint density at radius 2 is 1.92 bits per heavy atom. The molecule has 64 valence electrons. The highest BCUT2D eigenvalue weighted by Gasteiger charge is 1.84. The quantitative estimate of drug-likeness (QED) is 0.672. The topological polar surface area (TPSA) is 12.0 Å². The lowest BCUT2D eigenvalue weighted by atomic mass is 10.3. The molecule has 1 N–H and O–H groups in total. The van der Waals surface area contributed by atoms with Crippen LogP contribution in [0.15, 0.2) is 42.0 Å². The fraction of sp³-hybridized carbons (Fsp3) is 0.273. The number of allylic oxidation sites excluding steroid dienone is 1. The molecule has 1 heteroatoms. The van der Waals surface area contributed by atoms with Gasteiger partial charge >= 0.3 is 0 Å². The summed E-state index contributed by atoms with van der Waals surface area (Å²) in [5.41, 5.74) is 2.52. The fourth-order valence-corrected chi connectivity index (χ4v) is 0.929. The van der Waals surface area contributed by atoms with Crippen LogP contribution in [0.25, 0.3) is 0 Å². The number of rotatable bonds is 3. The molecule has 0 radical (unpaired) electrons. The number of para-hydroxylation sites is 1. The molecule has 0 amide bonds. The van der Waals surface area contributed by atoms with E-state index in [9.17, 15) is 0 Å². The maximum Gasteiger partial charge on any atom is 0.0342 e. The van der Waals surface area contributed by atoms with Crippen molar-refractivity contribution in [1.82, 2.24) is 0 Å². The van der Waals surface area contributed by atoms with Crippen molar-refractivity contribution in [2.75, 3.05) is 11.9 Å². The lowest BCUT2D eigenvalue weighted by Gasteiger charge is -2.01. The van der Waals surface area contributed by atoms with Gasteiger partial charge in [-0.1, -0.05) is 29.8 Å². The van der Waals surface area contributed by atoms with Crippen molar-refractivity contribution in [3.05, 3.63) is 42.0 Å². The lowest BCUT2D eigenvalue weighted by Crippen LogP contribution is -1.97. The van der Waals surface area contributed by atoms with E-state index >= 15 is 0 Å². The molecule has 1 nitrogen and oxygen atoms in total. The molecule has 0 fully saturated rings. The lowest BCUT2D eigenvalue weighted by molar-refractivity contribution is 1.26. The summed E-state index contributed by atoms with van der Waals surface area (Å²) in [6.07, 6.45) is 2.17. The molecule has 0 atom stereocenters. The Morgan fingerprint density at radius 3 is 2.50 bits per heavy atom. The van der Waals surface area contributed by atoms with E-state index in [1.807, 2.05) is 18.2 Å². The first-order valence-corrected chi connectivity index (χ1v) is 4.21. The average molecular weight is 161 g/mol. The van der Waals surface area contributed by atoms with Gasteiger partial charge in [0.15, 0.2) is 0 Å². The highest BCUT2D eigenvalue weighted by molar-refractivity contribution is 5.42. The normalized spacial score (nSPS) is 9.17. The van der Waals surface area contributed by atoms with Crippen LogP contribution in [0.4, 0.5) is 5.69 Å². The Morgan fingerprint density at radius 1 is 1.25 bits per heavy atom. The Balaban J connectivity index is 2.39. The van der Waals surface area contributed by atoms with Gasteiger partial charge in [-0.3, -0.25) is 0 Å². The summed E-state index contributed by atoms with van der Waals surface area (Å²) in [4.78, 5) is 0. The van der Waals surface area contributed by atoms with E-state index in [1.165, 1.54) is 11.3 Å². The smallest absolute Gasteiger partial charge is 0.0342 e. The van der Waals surface area contributed by atoms with Gasteiger partial charge in [-0.2, -0.15) is 0 Å². The molecule has 0 aromatic heterocycles. The Kier molecular flexibility index (Phi) is 3.39. The van der Waals surface area contributed by atoms with Crippen LogP contribution in [-0.4, -0.2) is 6.54 Å². The van der Waals surface area contributed by atoms with Gasteiger partial charge in [0.25, 0.3) is 0 Å². The summed E-state index contributed by atoms with van der Waals surface area (Å²) in [5.74, 6) is 0. The number of benzene rings is 1. The predicted molar refractivity (Wildman–Crippen MR) is 54.4 cm³/mol. The molecule has 0 aliphatic rings. The second kappa shape index (κ2) is 4.60. The first-order chi connectivity index (χ1) is 5.79. The summed E-state index contributed by atoms with van der Waals surface area (Å²) >= 11 is 0. The van der Waals surface area contributed by atoms with E-state index in [1.54, 1.807) is 0 Å². The molecule has 0 spiro atoms. The second-order valence-corrected chi connectivity index (χ2v) is 3.03. The van der Waals surface area contributed by atoms with Crippen LogP contribution in [0, 0.1) is 0 Å². The predicted octanol–water partition coefficient (Wildman–Crippen LogP) is 3.06. The first-order valence-electron chi connectivity index (χ1n) is 4.21. The molecule has 1 rings (SSSR count). The molecule has 0 unspecified atom stereocenters. The molecule has 1 aromatic rings. The van der Waals surface area contributed by atoms with Crippen molar-refractivity contribution in [3.63, 3.8) is 0 Å². The molecule has 12 heavy (non-hydrogen) atoms. The molecule has 0 bridgehead atoms. The van der Waals surface area contributed by atoms with Gasteiger partial charge < -0.3 is 5.32 Å². The van der Waals surface area contributed by atoms with Crippen molar-refractivity contribution >= 4 is 5.69 Å². The van der Waals surface area contributed by atoms with Crippen LogP contribution < -0.4 is 5.32 Å². The van der Waals surface area contributed by atoms with Crippen LogP contribution in [0.3, 0.4) is 0 Å². The third-order valence-corrected chi connectivity index (χ3v) is 1.59. The fourth-order valence-electron chi connectivity index (χ4n) is 0.929. The summed E-state index contributed by atoms with van der Waals surface area (Å²) in [7, 11) is 0. The molecule has 0 heterocycles. The molecule has 0 saturated carbocycles. The van der Waals surface area contributed by atoms with Crippen LogP contribution in [0.1, 0.15) is 13.8 Å². The van der Waals surface area contributed by atoms with Crippen LogP contribution in [-0.2, 0) is 0 Å². The van der Waals surface area contributed by atoms with Crippen molar-refractivity contribution in [2.45, 2.75) is 13.8 Å². The zero-order valence-corrected chi connectivity index (χ0v) is 7.67. The summed E-state index contributed by atoms with van der Waals surface area (Å²) in [6.45, 7) is 5.12. The van der Waals surface area contributed by atoms with Crippen molar-refractivity contribution in [2.24, 2.45) is 0 Å². The van der Waals surface area contributed by atoms with Gasteiger partial charge in [-0.05, 0) is 26.0 Å². The largest absolute Gasteiger partial charge is 0.382 e. The standard InChI is InChI=1S/C11H15N/c1-10(2)8-9-12-11-6-4-3-5-7-11/h3-8,12H,9H2,1-2H3.